The van der Waals surface area contributed by atoms with Gasteiger partial charge in [-0.05, 0) is 23.7 Å². The van der Waals surface area contributed by atoms with Gasteiger partial charge in [0.05, 0.1) is 4.90 Å². The molecule has 0 unspecified atom stereocenters. The van der Waals surface area contributed by atoms with Gasteiger partial charge in [-0.1, -0.05) is 15.9 Å². The predicted molar refractivity (Wildman–Crippen MR) is 57.1 cm³/mol. The summed E-state index contributed by atoms with van der Waals surface area (Å²) in [6.07, 6.45) is 1.06. The molecular formula is C7H8BBrO4S. The Labute approximate surface area is 90.8 Å². The quantitative estimate of drug-likeness (QED) is 0.718. The average molecular weight is 279 g/mol. The monoisotopic (exact) mass is 278 g/mol. The Bertz CT molecular complexity index is 443. The van der Waals surface area contributed by atoms with Crippen molar-refractivity contribution in [2.75, 3.05) is 6.26 Å². The molecule has 76 valence electrons. The molecule has 0 aromatic heterocycles. The van der Waals surface area contributed by atoms with Gasteiger partial charge in [0.1, 0.15) is 0 Å². The number of rotatable bonds is 2. The smallest absolute Gasteiger partial charge is 0.423 e. The predicted octanol–water partition coefficient (Wildman–Crippen LogP) is -0.468. The maximum Gasteiger partial charge on any atom is 0.488 e. The lowest BCUT2D eigenvalue weighted by atomic mass is 9.80. The largest absolute Gasteiger partial charge is 0.488 e. The molecule has 0 atom stereocenters. The van der Waals surface area contributed by atoms with Gasteiger partial charge in [-0.2, -0.15) is 0 Å². The minimum atomic E-state index is -3.33. The highest BCUT2D eigenvalue weighted by atomic mass is 79.9. The fourth-order valence-electron chi connectivity index (χ4n) is 0.948. The van der Waals surface area contributed by atoms with Crippen molar-refractivity contribution in [3.8, 4) is 0 Å². The third-order valence-corrected chi connectivity index (χ3v) is 3.17. The molecule has 2 N–H and O–H groups in total. The third kappa shape index (κ3) is 2.81. The normalized spacial score (nSPS) is 11.4. The summed E-state index contributed by atoms with van der Waals surface area (Å²) in [4.78, 5) is 0.0509. The second-order valence-corrected chi connectivity index (χ2v) is 5.80. The number of halogens is 1. The van der Waals surface area contributed by atoms with E-state index in [0.29, 0.717) is 4.47 Å². The standard InChI is InChI=1S/C7H8BBrO4S/c1-14(12,13)7-3-5(8(10)11)2-6(9)4-7/h2-4,10-11H,1H3. The van der Waals surface area contributed by atoms with Gasteiger partial charge in [-0.3, -0.25) is 0 Å². The molecule has 0 radical (unpaired) electrons. The van der Waals surface area contributed by atoms with E-state index in [1.807, 2.05) is 0 Å². The summed E-state index contributed by atoms with van der Waals surface area (Å²) >= 11 is 3.09. The molecule has 0 aliphatic rings. The SMILES string of the molecule is CS(=O)(=O)c1cc(Br)cc(B(O)O)c1. The maximum atomic E-state index is 11.2. The summed E-state index contributed by atoms with van der Waals surface area (Å²) in [5, 5.41) is 17.8. The molecule has 0 amide bonds. The Morgan fingerprint density at radius 2 is 1.86 bits per heavy atom. The zero-order valence-corrected chi connectivity index (χ0v) is 9.71. The van der Waals surface area contributed by atoms with Crippen LogP contribution in [-0.2, 0) is 9.84 Å². The first-order chi connectivity index (χ1) is 6.30. The summed E-state index contributed by atoms with van der Waals surface area (Å²) in [6.45, 7) is 0. The van der Waals surface area contributed by atoms with Gasteiger partial charge in [-0.15, -0.1) is 0 Å². The van der Waals surface area contributed by atoms with Crippen molar-refractivity contribution in [2.45, 2.75) is 4.90 Å². The Morgan fingerprint density at radius 3 is 2.29 bits per heavy atom. The lowest BCUT2D eigenvalue weighted by Gasteiger charge is -2.04. The highest BCUT2D eigenvalue weighted by molar-refractivity contribution is 9.10. The van der Waals surface area contributed by atoms with Gasteiger partial charge in [0.15, 0.2) is 9.84 Å². The Morgan fingerprint density at radius 1 is 1.29 bits per heavy atom. The molecule has 0 aliphatic heterocycles. The van der Waals surface area contributed by atoms with Crippen molar-refractivity contribution in [3.63, 3.8) is 0 Å². The first-order valence-electron chi connectivity index (χ1n) is 3.67. The van der Waals surface area contributed by atoms with Gasteiger partial charge < -0.3 is 10.0 Å². The van der Waals surface area contributed by atoms with Crippen LogP contribution in [0.3, 0.4) is 0 Å². The minimum absolute atomic E-state index is 0.0509. The van der Waals surface area contributed by atoms with Crippen LogP contribution >= 0.6 is 15.9 Å². The second kappa shape index (κ2) is 4.02. The van der Waals surface area contributed by atoms with Crippen LogP contribution in [0.25, 0.3) is 0 Å². The molecule has 0 saturated heterocycles. The molecule has 0 bridgehead atoms. The molecule has 0 fully saturated rings. The lowest BCUT2D eigenvalue weighted by molar-refractivity contribution is 0.425. The number of sulfone groups is 1. The summed E-state index contributed by atoms with van der Waals surface area (Å²) in [5.41, 5.74) is 0.139. The highest BCUT2D eigenvalue weighted by Crippen LogP contribution is 2.14. The molecule has 4 nitrogen and oxygen atoms in total. The van der Waals surface area contributed by atoms with E-state index in [1.165, 1.54) is 18.2 Å². The molecule has 0 spiro atoms. The number of benzene rings is 1. The van der Waals surface area contributed by atoms with Gasteiger partial charge in [-0.25, -0.2) is 8.42 Å². The number of hydrogen-bond donors (Lipinski definition) is 2. The van der Waals surface area contributed by atoms with E-state index in [1.54, 1.807) is 0 Å². The van der Waals surface area contributed by atoms with Crippen LogP contribution in [-0.4, -0.2) is 31.8 Å². The van der Waals surface area contributed by atoms with Crippen molar-refractivity contribution in [2.24, 2.45) is 0 Å². The van der Waals surface area contributed by atoms with Crippen LogP contribution in [0.5, 0.6) is 0 Å². The van der Waals surface area contributed by atoms with Crippen molar-refractivity contribution in [1.29, 1.82) is 0 Å². The van der Waals surface area contributed by atoms with E-state index in [0.717, 1.165) is 6.26 Å². The summed E-state index contributed by atoms with van der Waals surface area (Å²) in [6, 6.07) is 4.07. The van der Waals surface area contributed by atoms with Crippen LogP contribution in [0, 0.1) is 0 Å². The molecule has 7 heteroatoms. The Hall–Kier alpha value is -0.365. The summed E-state index contributed by atoms with van der Waals surface area (Å²) < 4.78 is 22.8. The van der Waals surface area contributed by atoms with E-state index in [2.05, 4.69) is 15.9 Å². The van der Waals surface area contributed by atoms with E-state index < -0.39 is 17.0 Å². The van der Waals surface area contributed by atoms with Gasteiger partial charge in [0.25, 0.3) is 0 Å². The molecule has 0 heterocycles. The molecular weight excluding hydrogens is 271 g/mol. The molecule has 1 aromatic rings. The van der Waals surface area contributed by atoms with Crippen molar-refractivity contribution >= 4 is 38.3 Å². The van der Waals surface area contributed by atoms with E-state index in [-0.39, 0.29) is 10.4 Å². The Balaban J connectivity index is 3.35. The van der Waals surface area contributed by atoms with Crippen LogP contribution in [0.2, 0.25) is 0 Å². The van der Waals surface area contributed by atoms with Crippen LogP contribution in [0.1, 0.15) is 0 Å². The van der Waals surface area contributed by atoms with Crippen molar-refractivity contribution < 1.29 is 18.5 Å². The molecule has 1 aromatic carbocycles. The van der Waals surface area contributed by atoms with E-state index in [4.69, 9.17) is 10.0 Å². The fourth-order valence-corrected chi connectivity index (χ4v) is 2.30. The first kappa shape index (κ1) is 11.7. The first-order valence-corrected chi connectivity index (χ1v) is 6.36. The van der Waals surface area contributed by atoms with E-state index in [9.17, 15) is 8.42 Å². The molecule has 1 rings (SSSR count). The number of hydrogen-bond acceptors (Lipinski definition) is 4. The fraction of sp³-hybridized carbons (Fsp3) is 0.143. The van der Waals surface area contributed by atoms with Gasteiger partial charge in [0.2, 0.25) is 0 Å². The van der Waals surface area contributed by atoms with Crippen molar-refractivity contribution in [3.05, 3.63) is 22.7 Å². The maximum absolute atomic E-state index is 11.2. The summed E-state index contributed by atoms with van der Waals surface area (Å²) in [7, 11) is -5.01. The van der Waals surface area contributed by atoms with Gasteiger partial charge in [0, 0.05) is 10.7 Å². The molecule has 14 heavy (non-hydrogen) atoms. The topological polar surface area (TPSA) is 74.6 Å². The third-order valence-electron chi connectivity index (χ3n) is 1.62. The molecule has 0 aliphatic carbocycles. The van der Waals surface area contributed by atoms with Crippen LogP contribution in [0.15, 0.2) is 27.6 Å². The van der Waals surface area contributed by atoms with E-state index >= 15 is 0 Å². The van der Waals surface area contributed by atoms with Crippen molar-refractivity contribution in [1.82, 2.24) is 0 Å². The van der Waals surface area contributed by atoms with Crippen LogP contribution in [0.4, 0.5) is 0 Å². The second-order valence-electron chi connectivity index (χ2n) is 2.87. The summed E-state index contributed by atoms with van der Waals surface area (Å²) in [5.74, 6) is 0. The molecule has 0 saturated carbocycles. The van der Waals surface area contributed by atoms with Crippen LogP contribution < -0.4 is 5.46 Å². The lowest BCUT2D eigenvalue weighted by Crippen LogP contribution is -2.30. The average Bonchev–Trinajstić information content (AvgIpc) is 2.01. The highest BCUT2D eigenvalue weighted by Gasteiger charge is 2.16. The van der Waals surface area contributed by atoms with Gasteiger partial charge >= 0.3 is 7.12 Å². The zero-order valence-electron chi connectivity index (χ0n) is 7.31. The Kier molecular flexibility index (Phi) is 3.36. The zero-order chi connectivity index (χ0) is 10.9. The minimum Gasteiger partial charge on any atom is -0.423 e.